The molecule has 0 aromatic rings. The molecule has 0 saturated heterocycles. The van der Waals surface area contributed by atoms with Crippen LogP contribution in [0.3, 0.4) is 0 Å². The van der Waals surface area contributed by atoms with Crippen molar-refractivity contribution in [2.24, 2.45) is 0 Å². The van der Waals surface area contributed by atoms with Gasteiger partial charge >= 0.3 is 19.8 Å². The average Bonchev–Trinajstić information content (AvgIpc) is 2.99. The summed E-state index contributed by atoms with van der Waals surface area (Å²) >= 11 is 0. The molecule has 0 aromatic heterocycles. The maximum Gasteiger partial charge on any atom is 0.472 e. The molecule has 3 atom stereocenters. The number of aliphatic hydroxyl groups is 2. The first-order chi connectivity index (χ1) is 20.7. The molecule has 11 heteroatoms. The summed E-state index contributed by atoms with van der Waals surface area (Å²) in [6.45, 7) is 2.32. The van der Waals surface area contributed by atoms with Crippen molar-refractivity contribution in [2.45, 2.75) is 167 Å². The largest absolute Gasteiger partial charge is 0.472 e. The Morgan fingerprint density at radius 1 is 0.605 bits per heavy atom. The molecular formula is C32H63O10P. The lowest BCUT2D eigenvalue weighted by Gasteiger charge is -2.20. The van der Waals surface area contributed by atoms with Crippen molar-refractivity contribution in [1.29, 1.82) is 0 Å². The lowest BCUT2D eigenvalue weighted by molar-refractivity contribution is -0.161. The summed E-state index contributed by atoms with van der Waals surface area (Å²) in [5.74, 6) is -0.924. The smallest absolute Gasteiger partial charge is 0.462 e. The molecule has 0 rings (SSSR count). The molecule has 0 amide bonds. The van der Waals surface area contributed by atoms with Crippen molar-refractivity contribution in [3.63, 3.8) is 0 Å². The molecule has 3 unspecified atom stereocenters. The second-order valence-corrected chi connectivity index (χ2v) is 13.0. The van der Waals surface area contributed by atoms with Crippen LogP contribution in [-0.4, -0.2) is 65.7 Å². The normalized spacial score (nSPS) is 14.3. The minimum atomic E-state index is -4.59. The Labute approximate surface area is 261 Å². The Bertz CT molecular complexity index is 706. The lowest BCUT2D eigenvalue weighted by atomic mass is 10.0. The zero-order valence-corrected chi connectivity index (χ0v) is 28.1. The van der Waals surface area contributed by atoms with E-state index < -0.39 is 51.8 Å². The summed E-state index contributed by atoms with van der Waals surface area (Å²) in [6.07, 6.45) is 20.9. The fourth-order valence-corrected chi connectivity index (χ4v) is 5.37. The van der Waals surface area contributed by atoms with Crippen molar-refractivity contribution in [3.8, 4) is 0 Å². The highest BCUT2D eigenvalue weighted by Gasteiger charge is 2.27. The van der Waals surface area contributed by atoms with Gasteiger partial charge in [-0.15, -0.1) is 0 Å². The van der Waals surface area contributed by atoms with E-state index in [9.17, 15) is 24.2 Å². The van der Waals surface area contributed by atoms with Crippen LogP contribution in [0.5, 0.6) is 0 Å². The predicted octanol–water partition coefficient (Wildman–Crippen LogP) is 7.55. The van der Waals surface area contributed by atoms with Crippen LogP contribution in [0.15, 0.2) is 0 Å². The quantitative estimate of drug-likeness (QED) is 0.0383. The monoisotopic (exact) mass is 638 g/mol. The second kappa shape index (κ2) is 29.7. The molecule has 0 radical (unpaired) electrons. The summed E-state index contributed by atoms with van der Waals surface area (Å²) in [7, 11) is -4.59. The third-order valence-electron chi connectivity index (χ3n) is 7.26. The van der Waals surface area contributed by atoms with Gasteiger partial charge in [-0.25, -0.2) is 4.57 Å². The van der Waals surface area contributed by atoms with Crippen LogP contribution in [0.4, 0.5) is 0 Å². The van der Waals surface area contributed by atoms with Crippen molar-refractivity contribution in [1.82, 2.24) is 0 Å². The number of ether oxygens (including phenoxy) is 2. The number of phosphoric acid groups is 1. The number of hydrogen-bond acceptors (Lipinski definition) is 9. The molecule has 0 saturated carbocycles. The first-order valence-electron chi connectivity index (χ1n) is 17.0. The zero-order chi connectivity index (χ0) is 32.0. The van der Waals surface area contributed by atoms with Gasteiger partial charge in [0.2, 0.25) is 0 Å². The third-order valence-corrected chi connectivity index (χ3v) is 8.21. The van der Waals surface area contributed by atoms with Gasteiger partial charge in [0.25, 0.3) is 0 Å². The summed E-state index contributed by atoms with van der Waals surface area (Å²) in [4.78, 5) is 34.5. The van der Waals surface area contributed by atoms with E-state index in [-0.39, 0.29) is 19.4 Å². The van der Waals surface area contributed by atoms with Gasteiger partial charge in [0.15, 0.2) is 6.10 Å². The molecular weight excluding hydrogens is 575 g/mol. The first-order valence-corrected chi connectivity index (χ1v) is 18.5. The Kier molecular flexibility index (Phi) is 29.0. The van der Waals surface area contributed by atoms with E-state index >= 15 is 0 Å². The summed E-state index contributed by atoms with van der Waals surface area (Å²) in [5.41, 5.74) is 0. The number of unbranched alkanes of at least 4 members (excludes halogenated alkanes) is 18. The fourth-order valence-electron chi connectivity index (χ4n) is 4.58. The fraction of sp³-hybridized carbons (Fsp3) is 0.938. The van der Waals surface area contributed by atoms with E-state index in [1.807, 2.05) is 0 Å². The Balaban J connectivity index is 4.41. The minimum Gasteiger partial charge on any atom is -0.462 e. The maximum absolute atomic E-state index is 12.5. The number of aliphatic hydroxyl groups excluding tert-OH is 2. The number of phosphoric ester groups is 1. The lowest BCUT2D eigenvalue weighted by Crippen LogP contribution is -2.29. The topological polar surface area (TPSA) is 149 Å². The molecule has 0 spiro atoms. The number of hydrogen-bond donors (Lipinski definition) is 3. The van der Waals surface area contributed by atoms with Crippen LogP contribution >= 0.6 is 7.82 Å². The van der Waals surface area contributed by atoms with Crippen LogP contribution < -0.4 is 0 Å². The maximum atomic E-state index is 12.5. The second-order valence-electron chi connectivity index (χ2n) is 11.6. The van der Waals surface area contributed by atoms with Gasteiger partial charge in [0, 0.05) is 12.8 Å². The van der Waals surface area contributed by atoms with Crippen LogP contribution in [0, 0.1) is 0 Å². The molecule has 3 N–H and O–H groups in total. The third kappa shape index (κ3) is 29.4. The van der Waals surface area contributed by atoms with E-state index in [0.29, 0.717) is 12.8 Å². The van der Waals surface area contributed by atoms with E-state index in [2.05, 4.69) is 18.4 Å². The molecule has 0 heterocycles. The van der Waals surface area contributed by atoms with Gasteiger partial charge in [-0.05, 0) is 12.8 Å². The molecule has 0 aliphatic heterocycles. The SMILES string of the molecule is CCCCCCCCCCCCCCC(=O)OC(COC(=O)CCCCCCCCCC)COP(=O)(O)OCC(O)CO. The van der Waals surface area contributed by atoms with Crippen molar-refractivity contribution < 1.29 is 47.8 Å². The number of carbonyl (C=O) groups is 2. The van der Waals surface area contributed by atoms with Crippen LogP contribution in [0.2, 0.25) is 0 Å². The minimum absolute atomic E-state index is 0.191. The highest BCUT2D eigenvalue weighted by atomic mass is 31.2. The van der Waals surface area contributed by atoms with Gasteiger partial charge in [-0.2, -0.15) is 0 Å². The predicted molar refractivity (Wildman–Crippen MR) is 169 cm³/mol. The van der Waals surface area contributed by atoms with E-state index in [4.69, 9.17) is 19.1 Å². The molecule has 0 bridgehead atoms. The van der Waals surface area contributed by atoms with Crippen molar-refractivity contribution in [3.05, 3.63) is 0 Å². The Hall–Kier alpha value is -1.03. The van der Waals surface area contributed by atoms with Gasteiger partial charge in [-0.3, -0.25) is 18.6 Å². The van der Waals surface area contributed by atoms with Crippen molar-refractivity contribution in [2.75, 3.05) is 26.4 Å². The molecule has 0 aromatic carbocycles. The summed E-state index contributed by atoms with van der Waals surface area (Å²) in [6, 6.07) is 0. The van der Waals surface area contributed by atoms with Gasteiger partial charge < -0.3 is 24.6 Å². The molecule has 0 fully saturated rings. The van der Waals surface area contributed by atoms with Gasteiger partial charge in [0.05, 0.1) is 19.8 Å². The average molecular weight is 639 g/mol. The molecule has 256 valence electrons. The van der Waals surface area contributed by atoms with Gasteiger partial charge in [-0.1, -0.05) is 129 Å². The van der Waals surface area contributed by atoms with Crippen LogP contribution in [0.1, 0.15) is 155 Å². The highest BCUT2D eigenvalue weighted by Crippen LogP contribution is 2.43. The van der Waals surface area contributed by atoms with Crippen LogP contribution in [0.25, 0.3) is 0 Å². The highest BCUT2D eigenvalue weighted by molar-refractivity contribution is 7.47. The number of esters is 2. The zero-order valence-electron chi connectivity index (χ0n) is 27.2. The van der Waals surface area contributed by atoms with E-state index in [0.717, 1.165) is 38.5 Å². The Morgan fingerprint density at radius 3 is 1.44 bits per heavy atom. The Morgan fingerprint density at radius 2 is 1.00 bits per heavy atom. The summed E-state index contributed by atoms with van der Waals surface area (Å²) < 4.78 is 32.4. The van der Waals surface area contributed by atoms with Crippen LogP contribution in [-0.2, 0) is 32.7 Å². The van der Waals surface area contributed by atoms with E-state index in [1.165, 1.54) is 77.0 Å². The van der Waals surface area contributed by atoms with E-state index in [1.54, 1.807) is 0 Å². The first kappa shape index (κ1) is 42.0. The molecule has 0 aliphatic rings. The van der Waals surface area contributed by atoms with Gasteiger partial charge in [0.1, 0.15) is 12.7 Å². The molecule has 43 heavy (non-hydrogen) atoms. The molecule has 0 aliphatic carbocycles. The summed E-state index contributed by atoms with van der Waals surface area (Å²) in [5, 5.41) is 18.2. The molecule has 10 nitrogen and oxygen atoms in total. The van der Waals surface area contributed by atoms with Crippen molar-refractivity contribution >= 4 is 19.8 Å². The number of rotatable bonds is 32. The standard InChI is InChI=1S/C32H63O10P/c1-3-5-7-9-11-13-14-15-16-18-20-22-24-32(36)42-30(28-41-43(37,38)40-26-29(34)25-33)27-39-31(35)23-21-19-17-12-10-8-6-4-2/h29-30,33-34H,3-28H2,1-2H3,(H,37,38). The number of carbonyl (C=O) groups excluding carboxylic acids is 2.